The number of nitrogens with zero attached hydrogens (tertiary/aromatic N) is 3. The molecule has 1 N–H and O–H groups in total. The van der Waals surface area contributed by atoms with Crippen LogP contribution in [0.1, 0.15) is 65.6 Å². The van der Waals surface area contributed by atoms with Crippen molar-refractivity contribution >= 4 is 5.91 Å². The molecule has 0 spiro atoms. The van der Waals surface area contributed by atoms with Gasteiger partial charge in [-0.1, -0.05) is 12.1 Å². The molecule has 0 aliphatic carbocycles. The quantitative estimate of drug-likeness (QED) is 0.928. The molecule has 1 aliphatic rings. The van der Waals surface area contributed by atoms with E-state index in [1.54, 1.807) is 11.7 Å². The second-order valence-corrected chi connectivity index (χ2v) is 6.34. The lowest BCUT2D eigenvalue weighted by atomic mass is 9.99. The summed E-state index contributed by atoms with van der Waals surface area (Å²) >= 11 is 0. The van der Waals surface area contributed by atoms with Crippen molar-refractivity contribution in [1.82, 2.24) is 20.3 Å². The van der Waals surface area contributed by atoms with Crippen LogP contribution >= 0.6 is 0 Å². The molecule has 2 aromatic heterocycles. The van der Waals surface area contributed by atoms with Crippen molar-refractivity contribution in [2.45, 2.75) is 59.3 Å². The Morgan fingerprint density at radius 2 is 2.17 bits per heavy atom. The average molecular weight is 332 g/mol. The minimum atomic E-state index is -0.129. The van der Waals surface area contributed by atoms with Crippen LogP contribution in [0.15, 0.2) is 4.52 Å². The molecular weight excluding hydrogens is 308 g/mol. The molecule has 1 aliphatic heterocycles. The predicted octanol–water partition coefficient (Wildman–Crippen LogP) is 2.23. The topological polar surface area (TPSA) is 82.2 Å². The molecule has 0 fully saturated rings. The molecule has 0 unspecified atom stereocenters. The van der Waals surface area contributed by atoms with Crippen molar-refractivity contribution < 1.29 is 14.1 Å². The van der Waals surface area contributed by atoms with Crippen molar-refractivity contribution in [1.29, 1.82) is 0 Å². The number of carbonyl (C=O) groups is 1. The van der Waals surface area contributed by atoms with Gasteiger partial charge in [-0.2, -0.15) is 5.10 Å². The van der Waals surface area contributed by atoms with E-state index in [9.17, 15) is 4.79 Å². The Morgan fingerprint density at radius 1 is 1.42 bits per heavy atom. The molecule has 0 bridgehead atoms. The van der Waals surface area contributed by atoms with E-state index in [1.165, 1.54) is 0 Å². The molecule has 2 aromatic rings. The molecule has 3 heterocycles. The number of nitrogens with one attached hydrogen (secondary N) is 1. The van der Waals surface area contributed by atoms with Gasteiger partial charge in [0.25, 0.3) is 5.91 Å². The monoisotopic (exact) mass is 332 g/mol. The Labute approximate surface area is 141 Å². The lowest BCUT2D eigenvalue weighted by Gasteiger charge is -2.24. The largest absolute Gasteiger partial charge is 0.369 e. The van der Waals surface area contributed by atoms with Gasteiger partial charge in [0.1, 0.15) is 11.5 Å². The van der Waals surface area contributed by atoms with Crippen molar-refractivity contribution in [3.63, 3.8) is 0 Å². The molecule has 130 valence electrons. The van der Waals surface area contributed by atoms with Gasteiger partial charge < -0.3 is 14.6 Å². The molecule has 7 heteroatoms. The average Bonchev–Trinajstić information content (AvgIpc) is 3.04. The minimum absolute atomic E-state index is 0.0789. The molecular formula is C17H24N4O3. The van der Waals surface area contributed by atoms with Crippen LogP contribution in [-0.4, -0.2) is 26.9 Å². The van der Waals surface area contributed by atoms with Gasteiger partial charge in [-0.25, -0.2) is 0 Å². The van der Waals surface area contributed by atoms with Crippen LogP contribution in [-0.2, 0) is 31.2 Å². The highest BCUT2D eigenvalue weighted by atomic mass is 16.5. The van der Waals surface area contributed by atoms with E-state index in [1.807, 2.05) is 27.7 Å². The van der Waals surface area contributed by atoms with Gasteiger partial charge in [0, 0.05) is 37.6 Å². The summed E-state index contributed by atoms with van der Waals surface area (Å²) in [6, 6.07) is 0. The first-order chi connectivity index (χ1) is 11.4. The summed E-state index contributed by atoms with van der Waals surface area (Å²) in [6.45, 7) is 8.28. The third-order valence-corrected chi connectivity index (χ3v) is 4.52. The molecule has 24 heavy (non-hydrogen) atoms. The summed E-state index contributed by atoms with van der Waals surface area (Å²) in [6.07, 6.45) is 1.43. The Kier molecular flexibility index (Phi) is 4.45. The van der Waals surface area contributed by atoms with Crippen molar-refractivity contribution in [2.24, 2.45) is 7.05 Å². The number of aromatic nitrogens is 3. The molecule has 7 nitrogen and oxygen atoms in total. The first kappa shape index (κ1) is 16.7. The van der Waals surface area contributed by atoms with Crippen LogP contribution in [0.5, 0.6) is 0 Å². The maximum atomic E-state index is 12.8. The van der Waals surface area contributed by atoms with E-state index in [0.29, 0.717) is 18.7 Å². The number of amides is 1. The van der Waals surface area contributed by atoms with Crippen LogP contribution in [0.25, 0.3) is 0 Å². The molecule has 0 aromatic carbocycles. The summed E-state index contributed by atoms with van der Waals surface area (Å²) in [4.78, 5) is 12.8. The lowest BCUT2D eigenvalue weighted by molar-refractivity contribution is -0.00710. The SMILES string of the molecule is CCc1onc(C)c1CNC(=O)c1c2c(nn1C)[C@H](C)O[C@H](C)C2. The fraction of sp³-hybridized carbons (Fsp3) is 0.588. The Hall–Kier alpha value is -2.15. The number of aryl methyl sites for hydroxylation is 3. The number of carbonyl (C=O) groups excluding carboxylic acids is 1. The molecule has 2 atom stereocenters. The molecule has 1 amide bonds. The number of rotatable bonds is 4. The van der Waals surface area contributed by atoms with Crippen molar-refractivity contribution in [2.75, 3.05) is 0 Å². The van der Waals surface area contributed by atoms with Crippen LogP contribution in [0.4, 0.5) is 0 Å². The van der Waals surface area contributed by atoms with Crippen LogP contribution in [0.3, 0.4) is 0 Å². The number of hydrogen-bond acceptors (Lipinski definition) is 5. The highest BCUT2D eigenvalue weighted by Gasteiger charge is 2.31. The standard InChI is InChI=1S/C17H24N4O3/c1-6-14-13(10(3)20-24-14)8-18-17(22)16-12-7-9(2)23-11(4)15(12)19-21(16)5/h9,11H,6-8H2,1-5H3,(H,18,22)/t9-,11+/m1/s1. The minimum Gasteiger partial charge on any atom is -0.369 e. The zero-order valence-corrected chi connectivity index (χ0v) is 14.8. The third-order valence-electron chi connectivity index (χ3n) is 4.52. The fourth-order valence-electron chi connectivity index (χ4n) is 3.34. The van der Waals surface area contributed by atoms with Gasteiger partial charge in [0.15, 0.2) is 0 Å². The van der Waals surface area contributed by atoms with E-state index in [-0.39, 0.29) is 18.1 Å². The summed E-state index contributed by atoms with van der Waals surface area (Å²) in [5.41, 5.74) is 4.22. The summed E-state index contributed by atoms with van der Waals surface area (Å²) in [7, 11) is 1.80. The normalized spacial score (nSPS) is 20.0. The maximum Gasteiger partial charge on any atom is 0.270 e. The van der Waals surface area contributed by atoms with E-state index in [4.69, 9.17) is 9.26 Å². The molecule has 0 saturated carbocycles. The van der Waals surface area contributed by atoms with E-state index >= 15 is 0 Å². The first-order valence-electron chi connectivity index (χ1n) is 8.35. The number of ether oxygens (including phenoxy) is 1. The van der Waals surface area contributed by atoms with Gasteiger partial charge in [-0.15, -0.1) is 0 Å². The summed E-state index contributed by atoms with van der Waals surface area (Å²) < 4.78 is 12.7. The molecule has 0 saturated heterocycles. The van der Waals surface area contributed by atoms with Crippen LogP contribution in [0.2, 0.25) is 0 Å². The Bertz CT molecular complexity index is 762. The Balaban J connectivity index is 1.82. The van der Waals surface area contributed by atoms with Crippen LogP contribution in [0, 0.1) is 6.92 Å². The van der Waals surface area contributed by atoms with Crippen molar-refractivity contribution in [3.05, 3.63) is 34.0 Å². The highest BCUT2D eigenvalue weighted by molar-refractivity contribution is 5.94. The zero-order chi connectivity index (χ0) is 17.4. The predicted molar refractivity (Wildman–Crippen MR) is 87.7 cm³/mol. The van der Waals surface area contributed by atoms with Crippen LogP contribution < -0.4 is 5.32 Å². The fourth-order valence-corrected chi connectivity index (χ4v) is 3.34. The van der Waals surface area contributed by atoms with E-state index in [2.05, 4.69) is 15.6 Å². The van der Waals surface area contributed by atoms with E-state index < -0.39 is 0 Å². The summed E-state index contributed by atoms with van der Waals surface area (Å²) in [5.74, 6) is 0.686. The van der Waals surface area contributed by atoms with Gasteiger partial charge in [-0.3, -0.25) is 9.48 Å². The highest BCUT2D eigenvalue weighted by Crippen LogP contribution is 2.31. The van der Waals surface area contributed by atoms with Gasteiger partial charge in [0.2, 0.25) is 0 Å². The smallest absolute Gasteiger partial charge is 0.270 e. The third kappa shape index (κ3) is 2.84. The number of fused-ring (bicyclic) bond motifs is 1. The number of hydrogen-bond donors (Lipinski definition) is 1. The first-order valence-corrected chi connectivity index (χ1v) is 8.35. The zero-order valence-electron chi connectivity index (χ0n) is 14.8. The van der Waals surface area contributed by atoms with E-state index in [0.717, 1.165) is 34.7 Å². The molecule has 0 radical (unpaired) electrons. The Morgan fingerprint density at radius 3 is 2.88 bits per heavy atom. The summed E-state index contributed by atoms with van der Waals surface area (Å²) in [5, 5.41) is 11.4. The maximum absolute atomic E-state index is 12.8. The molecule has 3 rings (SSSR count). The van der Waals surface area contributed by atoms with Crippen molar-refractivity contribution in [3.8, 4) is 0 Å². The van der Waals surface area contributed by atoms with Gasteiger partial charge >= 0.3 is 0 Å². The second kappa shape index (κ2) is 6.39. The van der Waals surface area contributed by atoms with Gasteiger partial charge in [-0.05, 0) is 20.8 Å². The lowest BCUT2D eigenvalue weighted by Crippen LogP contribution is -2.28. The second-order valence-electron chi connectivity index (χ2n) is 6.34. The van der Waals surface area contributed by atoms with Gasteiger partial charge in [0.05, 0.1) is 23.6 Å².